The molecule has 434 valence electrons. The maximum absolute atomic E-state index is 12.9. The molecule has 0 aliphatic rings. The van der Waals surface area contributed by atoms with Crippen molar-refractivity contribution in [1.29, 1.82) is 0 Å². The van der Waals surface area contributed by atoms with Crippen LogP contribution in [0.15, 0.2) is 72.9 Å². The molecular formula is C69H122O6. The average molecular weight is 1050 g/mol. The minimum atomic E-state index is -0.784. The van der Waals surface area contributed by atoms with E-state index >= 15 is 0 Å². The zero-order chi connectivity index (χ0) is 54.3. The van der Waals surface area contributed by atoms with Gasteiger partial charge >= 0.3 is 17.9 Å². The topological polar surface area (TPSA) is 78.9 Å². The lowest BCUT2D eigenvalue weighted by Gasteiger charge is -2.18. The highest BCUT2D eigenvalue weighted by Crippen LogP contribution is 2.17. The number of unbranched alkanes of at least 4 members (excludes halogenated alkanes) is 36. The van der Waals surface area contributed by atoms with Gasteiger partial charge in [-0.25, -0.2) is 0 Å². The summed E-state index contributed by atoms with van der Waals surface area (Å²) in [6.07, 6.45) is 81.9. The van der Waals surface area contributed by atoms with Gasteiger partial charge in [0, 0.05) is 19.3 Å². The second-order valence-electron chi connectivity index (χ2n) is 21.6. The second-order valence-corrected chi connectivity index (χ2v) is 21.6. The number of hydrogen-bond acceptors (Lipinski definition) is 6. The highest BCUT2D eigenvalue weighted by Gasteiger charge is 2.19. The first-order valence-corrected chi connectivity index (χ1v) is 32.4. The van der Waals surface area contributed by atoms with E-state index in [4.69, 9.17) is 14.2 Å². The number of ether oxygens (including phenoxy) is 3. The maximum atomic E-state index is 12.9. The molecule has 0 rings (SSSR count). The molecule has 0 amide bonds. The van der Waals surface area contributed by atoms with Gasteiger partial charge in [-0.3, -0.25) is 14.4 Å². The molecule has 75 heavy (non-hydrogen) atoms. The average Bonchev–Trinajstić information content (AvgIpc) is 3.41. The molecule has 0 bridgehead atoms. The molecule has 0 aliphatic carbocycles. The molecule has 0 aromatic heterocycles. The van der Waals surface area contributed by atoms with Gasteiger partial charge in [-0.15, -0.1) is 0 Å². The van der Waals surface area contributed by atoms with Crippen molar-refractivity contribution in [3.05, 3.63) is 72.9 Å². The summed E-state index contributed by atoms with van der Waals surface area (Å²) in [4.78, 5) is 38.4. The fourth-order valence-corrected chi connectivity index (χ4v) is 9.35. The number of carbonyl (C=O) groups is 3. The monoisotopic (exact) mass is 1050 g/mol. The Kier molecular flexibility index (Phi) is 60.7. The third-order valence-electron chi connectivity index (χ3n) is 14.2. The van der Waals surface area contributed by atoms with Crippen molar-refractivity contribution in [2.45, 2.75) is 335 Å². The van der Waals surface area contributed by atoms with Gasteiger partial charge in [0.05, 0.1) is 0 Å². The third-order valence-corrected chi connectivity index (χ3v) is 14.2. The lowest BCUT2D eigenvalue weighted by Crippen LogP contribution is -2.30. The van der Waals surface area contributed by atoms with Gasteiger partial charge in [0.1, 0.15) is 13.2 Å². The van der Waals surface area contributed by atoms with Gasteiger partial charge in [0.15, 0.2) is 6.10 Å². The van der Waals surface area contributed by atoms with Crippen LogP contribution in [0.25, 0.3) is 0 Å². The number of carbonyl (C=O) groups excluding carboxylic acids is 3. The van der Waals surface area contributed by atoms with Crippen molar-refractivity contribution in [1.82, 2.24) is 0 Å². The number of allylic oxidation sites excluding steroid dienone is 12. The van der Waals surface area contributed by atoms with E-state index in [-0.39, 0.29) is 31.1 Å². The van der Waals surface area contributed by atoms with E-state index in [1.165, 1.54) is 186 Å². The van der Waals surface area contributed by atoms with Crippen molar-refractivity contribution >= 4 is 17.9 Å². The molecule has 0 aliphatic heterocycles. The van der Waals surface area contributed by atoms with E-state index < -0.39 is 6.10 Å². The molecule has 0 spiro atoms. The predicted octanol–water partition coefficient (Wildman–Crippen LogP) is 22.1. The summed E-state index contributed by atoms with van der Waals surface area (Å²) >= 11 is 0. The van der Waals surface area contributed by atoms with Crippen LogP contribution in [0.5, 0.6) is 0 Å². The number of rotatable bonds is 59. The first-order valence-electron chi connectivity index (χ1n) is 32.4. The fourth-order valence-electron chi connectivity index (χ4n) is 9.35. The van der Waals surface area contributed by atoms with Gasteiger partial charge < -0.3 is 14.2 Å². The summed E-state index contributed by atoms with van der Waals surface area (Å²) in [6, 6.07) is 0. The predicted molar refractivity (Wildman–Crippen MR) is 325 cm³/mol. The molecule has 0 aromatic rings. The van der Waals surface area contributed by atoms with Crippen LogP contribution in [0.3, 0.4) is 0 Å². The first-order chi connectivity index (χ1) is 37.0. The fraction of sp³-hybridized carbons (Fsp3) is 0.783. The smallest absolute Gasteiger partial charge is 0.306 e. The van der Waals surface area contributed by atoms with E-state index in [9.17, 15) is 14.4 Å². The van der Waals surface area contributed by atoms with Crippen molar-refractivity contribution in [3.8, 4) is 0 Å². The van der Waals surface area contributed by atoms with Crippen LogP contribution in [0, 0.1) is 0 Å². The van der Waals surface area contributed by atoms with E-state index in [0.29, 0.717) is 19.3 Å². The zero-order valence-corrected chi connectivity index (χ0v) is 49.8. The number of esters is 3. The third kappa shape index (κ3) is 61.6. The molecule has 0 saturated heterocycles. The van der Waals surface area contributed by atoms with Crippen LogP contribution in [-0.2, 0) is 28.6 Å². The van der Waals surface area contributed by atoms with Crippen LogP contribution in [0.1, 0.15) is 329 Å². The molecule has 0 fully saturated rings. The molecule has 6 nitrogen and oxygen atoms in total. The minimum absolute atomic E-state index is 0.0789. The summed E-state index contributed by atoms with van der Waals surface area (Å²) in [7, 11) is 0. The van der Waals surface area contributed by atoms with Gasteiger partial charge in [0.25, 0.3) is 0 Å². The van der Waals surface area contributed by atoms with Crippen LogP contribution >= 0.6 is 0 Å². The van der Waals surface area contributed by atoms with Crippen LogP contribution in [0.2, 0.25) is 0 Å². The lowest BCUT2D eigenvalue weighted by molar-refractivity contribution is -0.167. The Morgan fingerprint density at radius 3 is 0.813 bits per heavy atom. The number of hydrogen-bond donors (Lipinski definition) is 0. The van der Waals surface area contributed by atoms with Gasteiger partial charge in [-0.05, 0) is 89.9 Å². The Balaban J connectivity index is 4.36. The first kappa shape index (κ1) is 71.8. The van der Waals surface area contributed by atoms with E-state index in [1.807, 2.05) is 0 Å². The van der Waals surface area contributed by atoms with Crippen molar-refractivity contribution < 1.29 is 28.6 Å². The zero-order valence-electron chi connectivity index (χ0n) is 49.8. The molecule has 0 radical (unpaired) electrons. The Hall–Kier alpha value is -3.15. The Morgan fingerprint density at radius 1 is 0.280 bits per heavy atom. The molecule has 1 unspecified atom stereocenters. The summed E-state index contributed by atoms with van der Waals surface area (Å²) in [5.41, 5.74) is 0. The van der Waals surface area contributed by atoms with Gasteiger partial charge in [-0.1, -0.05) is 293 Å². The van der Waals surface area contributed by atoms with Crippen LogP contribution < -0.4 is 0 Å². The highest BCUT2D eigenvalue weighted by atomic mass is 16.6. The van der Waals surface area contributed by atoms with E-state index in [0.717, 1.165) is 103 Å². The molecule has 0 saturated carbocycles. The Labute approximate surface area is 465 Å². The van der Waals surface area contributed by atoms with Crippen LogP contribution in [0.4, 0.5) is 0 Å². The SMILES string of the molecule is CC/C=C\C/C=C\C/C=C\CCCCCCCCCC(=O)OC(COC(=O)CCCCCCCCCC/C=C\C/C=C\C/C=C\CCCCCCC)COC(=O)CCCCCCCCCCCCCCCCCCC. The summed E-state index contributed by atoms with van der Waals surface area (Å²) in [5.74, 6) is -0.879. The van der Waals surface area contributed by atoms with Gasteiger partial charge in [-0.2, -0.15) is 0 Å². The van der Waals surface area contributed by atoms with Gasteiger partial charge in [0.2, 0.25) is 0 Å². The summed E-state index contributed by atoms with van der Waals surface area (Å²) in [5, 5.41) is 0. The molecule has 0 N–H and O–H groups in total. The van der Waals surface area contributed by atoms with E-state index in [2.05, 4.69) is 93.7 Å². The summed E-state index contributed by atoms with van der Waals surface area (Å²) in [6.45, 7) is 6.55. The largest absolute Gasteiger partial charge is 0.462 e. The highest BCUT2D eigenvalue weighted by molar-refractivity contribution is 5.71. The standard InChI is InChI=1S/C69H122O6/c1-4-7-10-13-16-19-22-25-28-31-32-33-34-35-36-39-41-44-47-50-53-56-59-62-68(71)74-65-66(75-69(72)63-60-57-54-51-48-45-42-38-30-27-24-21-18-15-12-9-6-3)64-73-67(70)61-58-55-52-49-46-43-40-37-29-26-23-20-17-14-11-8-5-2/h9,12,18,21-22,25,27,30-32,34-35,66H,4-8,10-11,13-17,19-20,23-24,26,28-29,33,36-65H2,1-3H3/b12-9-,21-18-,25-22-,30-27-,32-31-,35-34-. The quantitative estimate of drug-likeness (QED) is 0.0261. The van der Waals surface area contributed by atoms with Crippen molar-refractivity contribution in [3.63, 3.8) is 0 Å². The second kappa shape index (κ2) is 63.4. The lowest BCUT2D eigenvalue weighted by atomic mass is 10.0. The Morgan fingerprint density at radius 2 is 0.520 bits per heavy atom. The molecule has 1 atom stereocenters. The maximum Gasteiger partial charge on any atom is 0.306 e. The molecule has 0 aromatic carbocycles. The molecule has 0 heterocycles. The van der Waals surface area contributed by atoms with Crippen molar-refractivity contribution in [2.75, 3.05) is 13.2 Å². The van der Waals surface area contributed by atoms with Crippen LogP contribution in [-0.4, -0.2) is 37.2 Å². The minimum Gasteiger partial charge on any atom is -0.462 e. The normalized spacial score (nSPS) is 12.5. The van der Waals surface area contributed by atoms with Crippen molar-refractivity contribution in [2.24, 2.45) is 0 Å². The Bertz CT molecular complexity index is 1390. The van der Waals surface area contributed by atoms with E-state index in [1.54, 1.807) is 0 Å². The summed E-state index contributed by atoms with van der Waals surface area (Å²) < 4.78 is 16.9. The molecular weight excluding hydrogens is 925 g/mol. The molecule has 6 heteroatoms.